The van der Waals surface area contributed by atoms with Crippen molar-refractivity contribution in [1.82, 2.24) is 10.3 Å². The molecule has 0 aliphatic rings. The minimum Gasteiger partial charge on any atom is -0.476 e. The van der Waals surface area contributed by atoms with E-state index in [1.807, 2.05) is 30.3 Å². The SMILES string of the molecule is CC(=O)NCCON=C(C(=O)O)c1csc(NC(=O)OCc2ccccc2)n1. The van der Waals surface area contributed by atoms with Gasteiger partial charge in [-0.2, -0.15) is 0 Å². The van der Waals surface area contributed by atoms with E-state index in [1.54, 1.807) is 0 Å². The van der Waals surface area contributed by atoms with E-state index < -0.39 is 17.8 Å². The van der Waals surface area contributed by atoms with Gasteiger partial charge < -0.3 is 20.0 Å². The van der Waals surface area contributed by atoms with Crippen LogP contribution in [0.4, 0.5) is 9.93 Å². The minimum absolute atomic E-state index is 0.00256. The Labute approximate surface area is 164 Å². The third-order valence-electron chi connectivity index (χ3n) is 3.09. The van der Waals surface area contributed by atoms with Crippen LogP contribution in [0.25, 0.3) is 0 Å². The highest BCUT2D eigenvalue weighted by molar-refractivity contribution is 7.14. The lowest BCUT2D eigenvalue weighted by Gasteiger charge is -2.04. The fourth-order valence-electron chi connectivity index (χ4n) is 1.86. The zero-order valence-corrected chi connectivity index (χ0v) is 15.7. The smallest absolute Gasteiger partial charge is 0.413 e. The normalized spacial score (nSPS) is 10.8. The highest BCUT2D eigenvalue weighted by atomic mass is 32.1. The van der Waals surface area contributed by atoms with Crippen molar-refractivity contribution in [2.75, 3.05) is 18.5 Å². The maximum Gasteiger partial charge on any atom is 0.413 e. The maximum absolute atomic E-state index is 11.8. The second kappa shape index (κ2) is 10.6. The lowest BCUT2D eigenvalue weighted by Crippen LogP contribution is -2.24. The van der Waals surface area contributed by atoms with Gasteiger partial charge in [0.05, 0.1) is 6.54 Å². The Bertz CT molecular complexity index is 852. The molecule has 148 valence electrons. The molecule has 1 heterocycles. The van der Waals surface area contributed by atoms with E-state index in [-0.39, 0.29) is 36.5 Å². The monoisotopic (exact) mass is 406 g/mol. The molecule has 0 saturated carbocycles. The number of hydrogen-bond acceptors (Lipinski definition) is 8. The molecule has 0 atom stereocenters. The number of aliphatic carboxylic acids is 1. The van der Waals surface area contributed by atoms with E-state index in [0.29, 0.717) is 0 Å². The van der Waals surface area contributed by atoms with Crippen molar-refractivity contribution in [2.45, 2.75) is 13.5 Å². The molecule has 2 aromatic rings. The van der Waals surface area contributed by atoms with Gasteiger partial charge in [0.1, 0.15) is 18.9 Å². The van der Waals surface area contributed by atoms with Crippen LogP contribution < -0.4 is 10.6 Å². The first kappa shape index (κ1) is 20.8. The number of rotatable bonds is 9. The Morgan fingerprint density at radius 3 is 2.68 bits per heavy atom. The van der Waals surface area contributed by atoms with Crippen LogP contribution in [-0.2, 0) is 25.8 Å². The number of carboxylic acid groups (broad SMARTS) is 1. The number of aromatic nitrogens is 1. The molecule has 0 bridgehead atoms. The van der Waals surface area contributed by atoms with Gasteiger partial charge in [-0.25, -0.2) is 14.6 Å². The number of carbonyl (C=O) groups is 3. The van der Waals surface area contributed by atoms with Crippen molar-refractivity contribution in [3.63, 3.8) is 0 Å². The van der Waals surface area contributed by atoms with E-state index in [0.717, 1.165) is 16.9 Å². The fourth-order valence-corrected chi connectivity index (χ4v) is 2.55. The third-order valence-corrected chi connectivity index (χ3v) is 3.85. The summed E-state index contributed by atoms with van der Waals surface area (Å²) in [5.41, 5.74) is 0.425. The first-order valence-corrected chi connectivity index (χ1v) is 8.95. The summed E-state index contributed by atoms with van der Waals surface area (Å²) in [7, 11) is 0. The number of benzene rings is 1. The molecule has 2 rings (SSSR count). The third kappa shape index (κ3) is 7.03. The van der Waals surface area contributed by atoms with E-state index in [2.05, 4.69) is 20.8 Å². The standard InChI is InChI=1S/C17H18N4O6S/c1-11(22)18-7-8-27-21-14(15(23)24)13-10-28-16(19-13)20-17(25)26-9-12-5-3-2-4-6-12/h2-6,10H,7-9H2,1H3,(H,18,22)(H,23,24)(H,19,20,25). The van der Waals surface area contributed by atoms with Gasteiger partial charge in [0.15, 0.2) is 5.13 Å². The van der Waals surface area contributed by atoms with Crippen LogP contribution in [0.1, 0.15) is 18.2 Å². The van der Waals surface area contributed by atoms with Gasteiger partial charge in [-0.15, -0.1) is 11.3 Å². The Balaban J connectivity index is 1.89. The summed E-state index contributed by atoms with van der Waals surface area (Å²) < 4.78 is 5.07. The van der Waals surface area contributed by atoms with Gasteiger partial charge >= 0.3 is 12.1 Å². The van der Waals surface area contributed by atoms with E-state index >= 15 is 0 Å². The molecule has 0 radical (unpaired) electrons. The van der Waals surface area contributed by atoms with Crippen molar-refractivity contribution in [2.24, 2.45) is 5.16 Å². The molecule has 0 aliphatic heterocycles. The molecule has 3 N–H and O–H groups in total. The molecule has 0 aliphatic carbocycles. The van der Waals surface area contributed by atoms with E-state index in [4.69, 9.17) is 9.57 Å². The Hall–Kier alpha value is -3.47. The van der Waals surface area contributed by atoms with Crippen molar-refractivity contribution < 1.29 is 29.1 Å². The number of nitrogens with one attached hydrogen (secondary N) is 2. The topological polar surface area (TPSA) is 139 Å². The quantitative estimate of drug-likeness (QED) is 0.328. The lowest BCUT2D eigenvalue weighted by atomic mass is 10.2. The summed E-state index contributed by atoms with van der Waals surface area (Å²) in [6, 6.07) is 9.14. The number of hydrogen-bond donors (Lipinski definition) is 3. The van der Waals surface area contributed by atoms with Gasteiger partial charge in [0, 0.05) is 12.3 Å². The molecule has 11 heteroatoms. The van der Waals surface area contributed by atoms with Crippen LogP contribution >= 0.6 is 11.3 Å². The molecule has 0 unspecified atom stereocenters. The second-order valence-corrected chi connectivity index (χ2v) is 6.14. The van der Waals surface area contributed by atoms with Gasteiger partial charge in [0.25, 0.3) is 0 Å². The van der Waals surface area contributed by atoms with E-state index in [1.165, 1.54) is 12.3 Å². The van der Waals surface area contributed by atoms with Crippen LogP contribution in [0, 0.1) is 0 Å². The van der Waals surface area contributed by atoms with E-state index in [9.17, 15) is 19.5 Å². The molecular weight excluding hydrogens is 388 g/mol. The average Bonchev–Trinajstić information content (AvgIpc) is 3.11. The number of oxime groups is 1. The summed E-state index contributed by atoms with van der Waals surface area (Å²) in [6.45, 7) is 1.62. The molecule has 10 nitrogen and oxygen atoms in total. The summed E-state index contributed by atoms with van der Waals surface area (Å²) in [4.78, 5) is 42.8. The maximum atomic E-state index is 11.8. The van der Waals surface area contributed by atoms with Crippen LogP contribution in [0.15, 0.2) is 40.9 Å². The minimum atomic E-state index is -1.34. The summed E-state index contributed by atoms with van der Waals surface area (Å²) in [6.07, 6.45) is -0.717. The number of thiazole rings is 1. The zero-order chi connectivity index (χ0) is 20.4. The van der Waals surface area contributed by atoms with Gasteiger partial charge in [-0.3, -0.25) is 10.1 Å². The molecule has 2 amide bonds. The predicted molar refractivity (Wildman–Crippen MR) is 101 cm³/mol. The molecule has 28 heavy (non-hydrogen) atoms. The number of anilines is 1. The Morgan fingerprint density at radius 2 is 2.00 bits per heavy atom. The van der Waals surface area contributed by atoms with Crippen molar-refractivity contribution in [3.8, 4) is 0 Å². The lowest BCUT2D eigenvalue weighted by molar-refractivity contribution is -0.129. The number of amides is 2. The first-order valence-electron chi connectivity index (χ1n) is 8.07. The zero-order valence-electron chi connectivity index (χ0n) is 14.9. The number of nitrogens with zero attached hydrogens (tertiary/aromatic N) is 2. The summed E-state index contributed by atoms with van der Waals surface area (Å²) >= 11 is 1.01. The summed E-state index contributed by atoms with van der Waals surface area (Å²) in [5, 5.41) is 19.2. The van der Waals surface area contributed by atoms with Crippen LogP contribution in [-0.4, -0.2) is 46.9 Å². The van der Waals surface area contributed by atoms with Crippen LogP contribution in [0.5, 0.6) is 0 Å². The largest absolute Gasteiger partial charge is 0.476 e. The van der Waals surface area contributed by atoms with Crippen molar-refractivity contribution in [3.05, 3.63) is 47.0 Å². The number of ether oxygens (including phenoxy) is 1. The van der Waals surface area contributed by atoms with Gasteiger partial charge in [-0.05, 0) is 5.56 Å². The highest BCUT2D eigenvalue weighted by Gasteiger charge is 2.18. The molecular formula is C17H18N4O6S. The Morgan fingerprint density at radius 1 is 1.25 bits per heavy atom. The average molecular weight is 406 g/mol. The molecule has 1 aromatic heterocycles. The fraction of sp³-hybridized carbons (Fsp3) is 0.235. The van der Waals surface area contributed by atoms with Crippen molar-refractivity contribution in [1.29, 1.82) is 0 Å². The Kier molecular flexibility index (Phi) is 7.91. The van der Waals surface area contributed by atoms with Crippen LogP contribution in [0.2, 0.25) is 0 Å². The second-order valence-electron chi connectivity index (χ2n) is 5.29. The number of carbonyl (C=O) groups excluding carboxylic acids is 2. The van der Waals surface area contributed by atoms with Crippen molar-refractivity contribution >= 4 is 40.1 Å². The predicted octanol–water partition coefficient (Wildman–Crippen LogP) is 1.83. The highest BCUT2D eigenvalue weighted by Crippen LogP contribution is 2.17. The molecule has 0 spiro atoms. The number of carboxylic acids is 1. The van der Waals surface area contributed by atoms with Gasteiger partial charge in [-0.1, -0.05) is 35.5 Å². The summed E-state index contributed by atoms with van der Waals surface area (Å²) in [5.74, 6) is -1.58. The van der Waals surface area contributed by atoms with Crippen LogP contribution in [0.3, 0.4) is 0 Å². The van der Waals surface area contributed by atoms with Gasteiger partial charge in [0.2, 0.25) is 11.6 Å². The molecule has 0 fully saturated rings. The first-order chi connectivity index (χ1) is 13.5. The molecule has 0 saturated heterocycles. The molecule has 1 aromatic carbocycles.